The minimum absolute atomic E-state index is 0.322. The Kier molecular flexibility index (Phi) is 4.60. The van der Waals surface area contributed by atoms with Gasteiger partial charge in [-0.25, -0.2) is 4.39 Å². The molecule has 0 saturated carbocycles. The van der Waals surface area contributed by atoms with Crippen LogP contribution in [0, 0.1) is 5.82 Å². The van der Waals surface area contributed by atoms with Gasteiger partial charge >= 0.3 is 0 Å². The lowest BCUT2D eigenvalue weighted by atomic mass is 9.99. The van der Waals surface area contributed by atoms with Crippen LogP contribution in [0.5, 0.6) is 5.75 Å². The van der Waals surface area contributed by atoms with Crippen molar-refractivity contribution in [1.29, 1.82) is 0 Å². The van der Waals surface area contributed by atoms with Gasteiger partial charge in [0.2, 0.25) is 0 Å². The maximum absolute atomic E-state index is 13.5. The molecule has 0 aliphatic heterocycles. The van der Waals surface area contributed by atoms with E-state index in [4.69, 9.17) is 10.5 Å². The molecule has 0 aliphatic rings. The first-order valence-corrected chi connectivity index (χ1v) is 7.16. The van der Waals surface area contributed by atoms with Gasteiger partial charge in [0, 0.05) is 4.47 Å². The van der Waals surface area contributed by atoms with Gasteiger partial charge in [-0.2, -0.15) is 0 Å². The van der Waals surface area contributed by atoms with E-state index >= 15 is 0 Å². The predicted octanol–water partition coefficient (Wildman–Crippen LogP) is 4.41. The Labute approximate surface area is 128 Å². The molecule has 1 unspecified atom stereocenters. The van der Waals surface area contributed by atoms with Crippen LogP contribution in [0.3, 0.4) is 0 Å². The highest BCUT2D eigenvalue weighted by Crippen LogP contribution is 2.33. The summed E-state index contributed by atoms with van der Waals surface area (Å²) in [6.07, 6.45) is 0. The molecule has 0 spiro atoms. The third-order valence-electron chi connectivity index (χ3n) is 2.86. The zero-order chi connectivity index (χ0) is 14.0. The van der Waals surface area contributed by atoms with Crippen LogP contribution < -0.4 is 10.5 Å². The van der Waals surface area contributed by atoms with E-state index in [0.717, 1.165) is 15.8 Å². The van der Waals surface area contributed by atoms with Crippen LogP contribution >= 0.6 is 31.9 Å². The van der Waals surface area contributed by atoms with Gasteiger partial charge < -0.3 is 10.5 Å². The fraction of sp³-hybridized carbons (Fsp3) is 0.143. The largest absolute Gasteiger partial charge is 0.497 e. The van der Waals surface area contributed by atoms with Crippen molar-refractivity contribution in [3.8, 4) is 5.75 Å². The Balaban J connectivity index is 2.44. The summed E-state index contributed by atoms with van der Waals surface area (Å²) in [5.74, 6) is 0.415. The number of hydrogen-bond donors (Lipinski definition) is 1. The minimum atomic E-state index is -0.426. The van der Waals surface area contributed by atoms with Crippen molar-refractivity contribution in [2.75, 3.05) is 7.11 Å². The molecule has 2 nitrogen and oxygen atoms in total. The standard InChI is InChI=1S/C14H12Br2FNO/c1-19-8-5-6-9(11(15)7-8)14(18)10-3-2-4-12(17)13(10)16/h2-7,14H,18H2,1H3. The van der Waals surface area contributed by atoms with Crippen LogP contribution in [-0.2, 0) is 0 Å². The van der Waals surface area contributed by atoms with Crippen molar-refractivity contribution >= 4 is 31.9 Å². The lowest BCUT2D eigenvalue weighted by molar-refractivity contribution is 0.414. The van der Waals surface area contributed by atoms with Crippen molar-refractivity contribution in [2.45, 2.75) is 6.04 Å². The zero-order valence-corrected chi connectivity index (χ0v) is 13.3. The van der Waals surface area contributed by atoms with Crippen LogP contribution in [0.25, 0.3) is 0 Å². The van der Waals surface area contributed by atoms with E-state index in [1.165, 1.54) is 6.07 Å². The molecule has 0 radical (unpaired) electrons. The first-order chi connectivity index (χ1) is 9.04. The molecular formula is C14H12Br2FNO. The normalized spacial score (nSPS) is 12.3. The van der Waals surface area contributed by atoms with Crippen molar-refractivity contribution in [3.63, 3.8) is 0 Å². The monoisotopic (exact) mass is 387 g/mol. The quantitative estimate of drug-likeness (QED) is 0.845. The van der Waals surface area contributed by atoms with Crippen LogP contribution in [0.2, 0.25) is 0 Å². The van der Waals surface area contributed by atoms with Crippen molar-refractivity contribution in [2.24, 2.45) is 5.73 Å². The molecule has 1 atom stereocenters. The number of ether oxygens (including phenoxy) is 1. The van der Waals surface area contributed by atoms with Crippen LogP contribution in [0.1, 0.15) is 17.2 Å². The molecule has 0 amide bonds. The Morgan fingerprint density at radius 1 is 1.16 bits per heavy atom. The van der Waals surface area contributed by atoms with Gasteiger partial charge in [0.1, 0.15) is 11.6 Å². The summed E-state index contributed by atoms with van der Waals surface area (Å²) in [6.45, 7) is 0. The fourth-order valence-electron chi connectivity index (χ4n) is 1.82. The molecule has 5 heteroatoms. The average molecular weight is 389 g/mol. The summed E-state index contributed by atoms with van der Waals surface area (Å²) in [4.78, 5) is 0. The van der Waals surface area contributed by atoms with Crippen LogP contribution in [-0.4, -0.2) is 7.11 Å². The number of nitrogens with two attached hydrogens (primary N) is 1. The van der Waals surface area contributed by atoms with Gasteiger partial charge in [-0.3, -0.25) is 0 Å². The van der Waals surface area contributed by atoms with Gasteiger partial charge in [-0.15, -0.1) is 0 Å². The third kappa shape index (κ3) is 2.99. The van der Waals surface area contributed by atoms with Crippen molar-refractivity contribution in [1.82, 2.24) is 0 Å². The molecule has 2 aromatic carbocycles. The Morgan fingerprint density at radius 2 is 1.89 bits per heavy atom. The summed E-state index contributed by atoms with van der Waals surface area (Å²) >= 11 is 6.70. The second-order valence-electron chi connectivity index (χ2n) is 4.01. The second kappa shape index (κ2) is 6.03. The van der Waals surface area contributed by atoms with E-state index < -0.39 is 6.04 Å². The number of rotatable bonds is 3. The lowest BCUT2D eigenvalue weighted by Gasteiger charge is -2.17. The summed E-state index contributed by atoms with van der Waals surface area (Å²) < 4.78 is 19.9. The number of hydrogen-bond acceptors (Lipinski definition) is 2. The molecular weight excluding hydrogens is 377 g/mol. The first-order valence-electron chi connectivity index (χ1n) is 5.57. The smallest absolute Gasteiger partial charge is 0.137 e. The van der Waals surface area contributed by atoms with E-state index in [2.05, 4.69) is 31.9 Å². The highest BCUT2D eigenvalue weighted by molar-refractivity contribution is 9.10. The van der Waals surface area contributed by atoms with Crippen LogP contribution in [0.15, 0.2) is 45.3 Å². The molecule has 0 aliphatic carbocycles. The van der Waals surface area contributed by atoms with Crippen molar-refractivity contribution < 1.29 is 9.13 Å². The molecule has 2 aromatic rings. The minimum Gasteiger partial charge on any atom is -0.497 e. The summed E-state index contributed by atoms with van der Waals surface area (Å²) in [5.41, 5.74) is 7.78. The molecule has 0 aromatic heterocycles. The number of halogens is 3. The molecule has 0 fully saturated rings. The van der Waals surface area contributed by atoms with Crippen LogP contribution in [0.4, 0.5) is 4.39 Å². The van der Waals surface area contributed by atoms with Gasteiger partial charge in [-0.05, 0) is 45.3 Å². The second-order valence-corrected chi connectivity index (χ2v) is 5.66. The number of methoxy groups -OCH3 is 1. The van der Waals surface area contributed by atoms with Gasteiger partial charge in [-0.1, -0.05) is 34.1 Å². The first kappa shape index (κ1) is 14.5. The molecule has 2 N–H and O–H groups in total. The molecule has 0 heterocycles. The van der Waals surface area contributed by atoms with E-state index in [1.54, 1.807) is 19.2 Å². The Hall–Kier alpha value is -0.910. The van der Waals surface area contributed by atoms with E-state index in [1.807, 2.05) is 18.2 Å². The molecule has 2 rings (SSSR count). The van der Waals surface area contributed by atoms with E-state index in [-0.39, 0.29) is 5.82 Å². The average Bonchev–Trinajstić information content (AvgIpc) is 2.41. The van der Waals surface area contributed by atoms with Gasteiger partial charge in [0.15, 0.2) is 0 Å². The van der Waals surface area contributed by atoms with Gasteiger partial charge in [0.05, 0.1) is 17.6 Å². The zero-order valence-electron chi connectivity index (χ0n) is 10.2. The summed E-state index contributed by atoms with van der Waals surface area (Å²) in [5, 5.41) is 0. The molecule has 100 valence electrons. The van der Waals surface area contributed by atoms with E-state index in [0.29, 0.717) is 10.0 Å². The SMILES string of the molecule is COc1ccc(C(N)c2cccc(F)c2Br)c(Br)c1. The summed E-state index contributed by atoms with van der Waals surface area (Å²) in [7, 11) is 1.60. The third-order valence-corrected chi connectivity index (χ3v) is 4.38. The van der Waals surface area contributed by atoms with Gasteiger partial charge in [0.25, 0.3) is 0 Å². The maximum Gasteiger partial charge on any atom is 0.137 e. The Morgan fingerprint density at radius 3 is 2.53 bits per heavy atom. The topological polar surface area (TPSA) is 35.2 Å². The van der Waals surface area contributed by atoms with E-state index in [9.17, 15) is 4.39 Å². The maximum atomic E-state index is 13.5. The fourth-order valence-corrected chi connectivity index (χ4v) is 2.93. The molecule has 19 heavy (non-hydrogen) atoms. The molecule has 0 bridgehead atoms. The predicted molar refractivity (Wildman–Crippen MR) is 80.8 cm³/mol. The highest BCUT2D eigenvalue weighted by Gasteiger charge is 2.17. The lowest BCUT2D eigenvalue weighted by Crippen LogP contribution is -2.13. The summed E-state index contributed by atoms with van der Waals surface area (Å²) in [6, 6.07) is 9.94. The number of benzene rings is 2. The highest BCUT2D eigenvalue weighted by atomic mass is 79.9. The molecule has 0 saturated heterocycles. The van der Waals surface area contributed by atoms with Crippen molar-refractivity contribution in [3.05, 3.63) is 62.3 Å². The Bertz CT molecular complexity index is 604.